The number of nitrogens with one attached hydrogen (secondary N) is 1. The molecule has 2 aliphatic heterocycles. The van der Waals surface area contributed by atoms with Crippen LogP contribution in [-0.4, -0.2) is 34.6 Å². The molecular formula is C19H23N3O3S2. The molecule has 0 aromatic carbocycles. The summed E-state index contributed by atoms with van der Waals surface area (Å²) in [4.78, 5) is 32.7. The molecule has 27 heavy (non-hydrogen) atoms. The molecule has 0 spiro atoms. The molecule has 1 atom stereocenters. The van der Waals surface area contributed by atoms with Gasteiger partial charge in [0.15, 0.2) is 5.17 Å². The van der Waals surface area contributed by atoms with Gasteiger partial charge in [-0.2, -0.15) is 0 Å². The third-order valence-corrected chi connectivity index (χ3v) is 5.91. The second-order valence-corrected chi connectivity index (χ2v) is 8.34. The van der Waals surface area contributed by atoms with Crippen LogP contribution < -0.4 is 5.32 Å². The van der Waals surface area contributed by atoms with E-state index in [0.29, 0.717) is 17.9 Å². The van der Waals surface area contributed by atoms with Crippen molar-refractivity contribution >= 4 is 40.1 Å². The molecule has 1 unspecified atom stereocenters. The number of rotatable bonds is 6. The number of hydrogen-bond donors (Lipinski definition) is 1. The highest BCUT2D eigenvalue weighted by Crippen LogP contribution is 2.45. The van der Waals surface area contributed by atoms with Gasteiger partial charge in [-0.1, -0.05) is 17.8 Å². The molecule has 1 aromatic rings. The van der Waals surface area contributed by atoms with E-state index in [2.05, 4.69) is 10.3 Å². The number of amidine groups is 1. The predicted octanol–water partition coefficient (Wildman–Crippen LogP) is 3.80. The van der Waals surface area contributed by atoms with E-state index in [-0.39, 0.29) is 30.4 Å². The van der Waals surface area contributed by atoms with Crippen molar-refractivity contribution in [2.45, 2.75) is 46.2 Å². The van der Waals surface area contributed by atoms with Crippen molar-refractivity contribution in [2.75, 3.05) is 6.61 Å². The van der Waals surface area contributed by atoms with E-state index in [1.54, 1.807) is 18.3 Å². The lowest BCUT2D eigenvalue weighted by Crippen LogP contribution is -2.38. The lowest BCUT2D eigenvalue weighted by molar-refractivity contribution is -0.139. The molecule has 3 rings (SSSR count). The molecule has 0 fully saturated rings. The maximum atomic E-state index is 12.7. The minimum Gasteiger partial charge on any atom is -0.463 e. The smallest absolute Gasteiger partial charge is 0.338 e. The van der Waals surface area contributed by atoms with Crippen LogP contribution >= 0.6 is 23.1 Å². The Morgan fingerprint density at radius 1 is 1.41 bits per heavy atom. The number of carbonyl (C=O) groups is 2. The van der Waals surface area contributed by atoms with Crippen molar-refractivity contribution in [1.82, 2.24) is 10.2 Å². The van der Waals surface area contributed by atoms with E-state index in [1.807, 2.05) is 48.6 Å². The van der Waals surface area contributed by atoms with Crippen LogP contribution in [0.2, 0.25) is 0 Å². The second kappa shape index (κ2) is 8.31. The van der Waals surface area contributed by atoms with Gasteiger partial charge in [0.2, 0.25) is 5.91 Å². The first kappa shape index (κ1) is 19.7. The normalized spacial score (nSPS) is 19.0. The van der Waals surface area contributed by atoms with E-state index in [9.17, 15) is 9.59 Å². The molecule has 0 saturated heterocycles. The lowest BCUT2D eigenvalue weighted by atomic mass is 9.99. The first-order chi connectivity index (χ1) is 12.9. The van der Waals surface area contributed by atoms with Crippen molar-refractivity contribution in [2.24, 2.45) is 4.99 Å². The average Bonchev–Trinajstić information content (AvgIpc) is 3.23. The van der Waals surface area contributed by atoms with Gasteiger partial charge in [0.1, 0.15) is 6.04 Å². The van der Waals surface area contributed by atoms with Crippen molar-refractivity contribution in [3.05, 3.63) is 44.8 Å². The maximum absolute atomic E-state index is 12.7. The zero-order valence-electron chi connectivity index (χ0n) is 15.8. The van der Waals surface area contributed by atoms with Crippen LogP contribution in [0.1, 0.15) is 45.0 Å². The number of amides is 1. The summed E-state index contributed by atoms with van der Waals surface area (Å²) in [6, 6.07) is 3.71. The number of allylic oxidation sites excluding steroid dienone is 1. The van der Waals surface area contributed by atoms with Gasteiger partial charge >= 0.3 is 5.97 Å². The Kier molecular flexibility index (Phi) is 6.06. The number of esters is 1. The molecule has 3 heterocycles. The standard InChI is InChI=1S/C19H23N3O3S2/c1-5-25-18(24)16-12(4)21-19-22(17(16)14-7-6-8-26-14)13(10-27-19)9-15(23)20-11(2)3/h6-8,10-11,17H,5,9H2,1-4H3,(H,20,23). The molecule has 8 heteroatoms. The fourth-order valence-corrected chi connectivity index (χ4v) is 4.88. The van der Waals surface area contributed by atoms with Gasteiger partial charge in [-0.3, -0.25) is 4.79 Å². The van der Waals surface area contributed by atoms with Gasteiger partial charge in [0.05, 0.1) is 24.3 Å². The summed E-state index contributed by atoms with van der Waals surface area (Å²) >= 11 is 3.05. The average molecular weight is 406 g/mol. The molecule has 1 aromatic heterocycles. The van der Waals surface area contributed by atoms with Crippen LogP contribution in [0, 0.1) is 0 Å². The highest BCUT2D eigenvalue weighted by molar-refractivity contribution is 8.16. The SMILES string of the molecule is CCOC(=O)C1=C(C)N=C2SC=C(CC(=O)NC(C)C)N2C1c1cccs1. The van der Waals surface area contributed by atoms with Gasteiger partial charge in [0, 0.05) is 16.6 Å². The van der Waals surface area contributed by atoms with Crippen LogP contribution in [-0.2, 0) is 14.3 Å². The zero-order valence-corrected chi connectivity index (χ0v) is 17.4. The molecule has 0 radical (unpaired) electrons. The first-order valence-electron chi connectivity index (χ1n) is 8.86. The van der Waals surface area contributed by atoms with Gasteiger partial charge in [-0.15, -0.1) is 11.3 Å². The van der Waals surface area contributed by atoms with Crippen LogP contribution in [0.3, 0.4) is 0 Å². The number of hydrogen-bond acceptors (Lipinski definition) is 7. The van der Waals surface area contributed by atoms with Gasteiger partial charge in [-0.25, -0.2) is 9.79 Å². The number of carbonyl (C=O) groups excluding carboxylic acids is 2. The van der Waals surface area contributed by atoms with E-state index in [0.717, 1.165) is 15.7 Å². The number of ether oxygens (including phenoxy) is 1. The Bertz CT molecular complexity index is 825. The van der Waals surface area contributed by atoms with E-state index in [1.165, 1.54) is 11.8 Å². The van der Waals surface area contributed by atoms with Crippen molar-refractivity contribution in [3.8, 4) is 0 Å². The molecular weight excluding hydrogens is 382 g/mol. The maximum Gasteiger partial charge on any atom is 0.338 e. The van der Waals surface area contributed by atoms with Crippen molar-refractivity contribution in [3.63, 3.8) is 0 Å². The summed E-state index contributed by atoms with van der Waals surface area (Å²) in [6.45, 7) is 7.79. The Balaban J connectivity index is 1.97. The third-order valence-electron chi connectivity index (χ3n) is 4.10. The van der Waals surface area contributed by atoms with E-state index in [4.69, 9.17) is 4.74 Å². The number of thioether (sulfide) groups is 1. The monoisotopic (exact) mass is 405 g/mol. The summed E-state index contributed by atoms with van der Waals surface area (Å²) in [5, 5.41) is 7.63. The fourth-order valence-electron chi connectivity index (χ4n) is 3.09. The summed E-state index contributed by atoms with van der Waals surface area (Å²) in [5.41, 5.74) is 2.03. The van der Waals surface area contributed by atoms with Gasteiger partial charge in [-0.05, 0) is 44.5 Å². The molecule has 6 nitrogen and oxygen atoms in total. The predicted molar refractivity (Wildman–Crippen MR) is 109 cm³/mol. The van der Waals surface area contributed by atoms with Crippen LogP contribution in [0.4, 0.5) is 0 Å². The molecule has 144 valence electrons. The number of aliphatic imine (C=N–C) groups is 1. The largest absolute Gasteiger partial charge is 0.463 e. The highest BCUT2D eigenvalue weighted by atomic mass is 32.2. The van der Waals surface area contributed by atoms with Crippen molar-refractivity contribution < 1.29 is 14.3 Å². The number of fused-ring (bicyclic) bond motifs is 1. The van der Waals surface area contributed by atoms with Crippen LogP contribution in [0.15, 0.2) is 44.9 Å². The second-order valence-electron chi connectivity index (χ2n) is 6.53. The Morgan fingerprint density at radius 2 is 2.19 bits per heavy atom. The summed E-state index contributed by atoms with van der Waals surface area (Å²) in [5.74, 6) is -0.411. The Labute approximate surface area is 167 Å². The van der Waals surface area contributed by atoms with Gasteiger partial charge < -0.3 is 15.0 Å². The lowest BCUT2D eigenvalue weighted by Gasteiger charge is -2.35. The summed E-state index contributed by atoms with van der Waals surface area (Å²) in [6.07, 6.45) is 0.237. The Morgan fingerprint density at radius 3 is 2.81 bits per heavy atom. The molecule has 1 N–H and O–H groups in total. The number of nitrogens with zero attached hydrogens (tertiary/aromatic N) is 2. The van der Waals surface area contributed by atoms with Crippen LogP contribution in [0.25, 0.3) is 0 Å². The molecule has 2 aliphatic rings. The van der Waals surface area contributed by atoms with E-state index >= 15 is 0 Å². The van der Waals surface area contributed by atoms with Crippen molar-refractivity contribution in [1.29, 1.82) is 0 Å². The Hall–Kier alpha value is -2.06. The first-order valence-corrected chi connectivity index (χ1v) is 10.6. The molecule has 0 aliphatic carbocycles. The number of thiophene rings is 1. The summed E-state index contributed by atoms with van der Waals surface area (Å²) < 4.78 is 5.30. The minimum absolute atomic E-state index is 0.0491. The quantitative estimate of drug-likeness (QED) is 0.729. The minimum atomic E-state index is -0.362. The molecule has 0 saturated carbocycles. The topological polar surface area (TPSA) is 71.0 Å². The zero-order chi connectivity index (χ0) is 19.6. The molecule has 0 bridgehead atoms. The third kappa shape index (κ3) is 4.11. The molecule has 1 amide bonds. The van der Waals surface area contributed by atoms with Gasteiger partial charge in [0.25, 0.3) is 0 Å². The summed E-state index contributed by atoms with van der Waals surface area (Å²) in [7, 11) is 0. The van der Waals surface area contributed by atoms with Crippen LogP contribution in [0.5, 0.6) is 0 Å². The highest BCUT2D eigenvalue weighted by Gasteiger charge is 2.41. The van der Waals surface area contributed by atoms with E-state index < -0.39 is 0 Å². The fraction of sp³-hybridized carbons (Fsp3) is 0.421.